The van der Waals surface area contributed by atoms with E-state index >= 15 is 0 Å². The van der Waals surface area contributed by atoms with Crippen LogP contribution in [0.2, 0.25) is 0 Å². The number of rotatable bonds is 18. The predicted molar refractivity (Wildman–Crippen MR) is 134 cm³/mol. The Kier molecular flexibility index (Phi) is 15.2. The first-order valence-electron chi connectivity index (χ1n) is 12.6. The van der Waals surface area contributed by atoms with Gasteiger partial charge in [-0.15, -0.1) is 23.5 Å². The van der Waals surface area contributed by atoms with Gasteiger partial charge in [0, 0.05) is 17.9 Å². The third kappa shape index (κ3) is 13.0. The monoisotopic (exact) mass is 436 g/mol. The molecule has 2 rings (SSSR count). The molecule has 2 heterocycles. The Morgan fingerprint density at radius 2 is 1.21 bits per heavy atom. The van der Waals surface area contributed by atoms with Gasteiger partial charge in [0.25, 0.3) is 0 Å². The molecule has 1 aromatic rings. The number of nitrogens with zero attached hydrogens (tertiary/aromatic N) is 1. The van der Waals surface area contributed by atoms with Crippen LogP contribution in [0, 0.1) is 0 Å². The lowest BCUT2D eigenvalue weighted by Crippen LogP contribution is -2.37. The topological polar surface area (TPSA) is 3.88 Å². The molecule has 3 heteroatoms. The van der Waals surface area contributed by atoms with Gasteiger partial charge in [0.05, 0.1) is 9.83 Å². The highest BCUT2D eigenvalue weighted by Gasteiger charge is 2.28. The molecule has 1 aromatic heterocycles. The van der Waals surface area contributed by atoms with E-state index in [1.807, 2.05) is 0 Å². The Morgan fingerprint density at radius 1 is 0.690 bits per heavy atom. The zero-order valence-corrected chi connectivity index (χ0v) is 20.7. The normalized spacial score (nSPS) is 19.1. The highest BCUT2D eigenvalue weighted by atomic mass is 32.2. The van der Waals surface area contributed by atoms with Crippen molar-refractivity contribution < 1.29 is 4.57 Å². The molecule has 29 heavy (non-hydrogen) atoms. The Hall–Kier alpha value is -0.150. The van der Waals surface area contributed by atoms with Crippen molar-refractivity contribution in [2.24, 2.45) is 0 Å². The van der Waals surface area contributed by atoms with Crippen LogP contribution in [0.3, 0.4) is 0 Å². The SMILES string of the molecule is CCCCCCCCCCCCCCCCCC1SCC(C[n+]2ccccc2)S1. The molecule has 1 saturated heterocycles. The first-order valence-corrected chi connectivity index (χ1v) is 14.6. The lowest BCUT2D eigenvalue weighted by Gasteiger charge is -2.09. The summed E-state index contributed by atoms with van der Waals surface area (Å²) in [6.07, 6.45) is 27.7. The van der Waals surface area contributed by atoms with E-state index in [0.717, 1.165) is 9.83 Å². The Labute approximate surface area is 190 Å². The van der Waals surface area contributed by atoms with Gasteiger partial charge in [-0.05, 0) is 6.42 Å². The third-order valence-corrected chi connectivity index (χ3v) is 9.44. The highest BCUT2D eigenvalue weighted by molar-refractivity contribution is 8.20. The summed E-state index contributed by atoms with van der Waals surface area (Å²) in [6, 6.07) is 6.38. The summed E-state index contributed by atoms with van der Waals surface area (Å²) in [6.45, 7) is 3.48. The van der Waals surface area contributed by atoms with Crippen LogP contribution in [-0.4, -0.2) is 15.6 Å². The van der Waals surface area contributed by atoms with Crippen LogP contribution >= 0.6 is 23.5 Å². The van der Waals surface area contributed by atoms with E-state index < -0.39 is 0 Å². The second-order valence-electron chi connectivity index (χ2n) is 8.83. The van der Waals surface area contributed by atoms with E-state index in [-0.39, 0.29) is 0 Å². The molecule has 166 valence electrons. The fourth-order valence-electron chi connectivity index (χ4n) is 4.23. The molecule has 0 aliphatic carbocycles. The molecule has 0 saturated carbocycles. The highest BCUT2D eigenvalue weighted by Crippen LogP contribution is 2.40. The molecule has 0 radical (unpaired) electrons. The van der Waals surface area contributed by atoms with Gasteiger partial charge in [0.1, 0.15) is 0 Å². The Balaban J connectivity index is 1.31. The average molecular weight is 437 g/mol. The van der Waals surface area contributed by atoms with Crippen molar-refractivity contribution in [1.82, 2.24) is 0 Å². The zero-order valence-electron chi connectivity index (χ0n) is 19.0. The summed E-state index contributed by atoms with van der Waals surface area (Å²) < 4.78 is 3.19. The number of aromatic nitrogens is 1. The largest absolute Gasteiger partial charge is 0.204 e. The van der Waals surface area contributed by atoms with Crippen LogP contribution in [0.25, 0.3) is 0 Å². The average Bonchev–Trinajstić information content (AvgIpc) is 3.19. The first-order chi connectivity index (χ1) is 14.4. The smallest absolute Gasteiger partial charge is 0.168 e. The van der Waals surface area contributed by atoms with Gasteiger partial charge in [-0.3, -0.25) is 0 Å². The van der Waals surface area contributed by atoms with Gasteiger partial charge >= 0.3 is 0 Å². The molecule has 0 spiro atoms. The summed E-state index contributed by atoms with van der Waals surface area (Å²) in [5.41, 5.74) is 0. The molecule has 2 atom stereocenters. The summed E-state index contributed by atoms with van der Waals surface area (Å²) in [4.78, 5) is 0. The third-order valence-electron chi connectivity index (χ3n) is 6.05. The van der Waals surface area contributed by atoms with Gasteiger partial charge in [-0.2, -0.15) is 0 Å². The van der Waals surface area contributed by atoms with E-state index in [1.165, 1.54) is 115 Å². The van der Waals surface area contributed by atoms with Gasteiger partial charge in [-0.1, -0.05) is 109 Å². The molecule has 1 fully saturated rings. The Morgan fingerprint density at radius 3 is 1.76 bits per heavy atom. The number of hydrogen-bond acceptors (Lipinski definition) is 2. The first kappa shape index (κ1) is 25.1. The van der Waals surface area contributed by atoms with Gasteiger partial charge in [0.15, 0.2) is 18.9 Å². The molecule has 1 aliphatic heterocycles. The number of thioether (sulfide) groups is 2. The minimum atomic E-state index is 0.800. The lowest BCUT2D eigenvalue weighted by atomic mass is 10.0. The molecule has 0 bridgehead atoms. The van der Waals surface area contributed by atoms with E-state index in [1.54, 1.807) is 0 Å². The van der Waals surface area contributed by atoms with Crippen molar-refractivity contribution >= 4 is 23.5 Å². The van der Waals surface area contributed by atoms with Crippen molar-refractivity contribution in [2.75, 3.05) is 5.75 Å². The van der Waals surface area contributed by atoms with Crippen molar-refractivity contribution in [3.05, 3.63) is 30.6 Å². The molecule has 2 unspecified atom stereocenters. The van der Waals surface area contributed by atoms with Crippen molar-refractivity contribution in [1.29, 1.82) is 0 Å². The fourth-order valence-corrected chi connectivity index (χ4v) is 7.66. The van der Waals surface area contributed by atoms with Crippen LogP contribution in [0.1, 0.15) is 110 Å². The van der Waals surface area contributed by atoms with Crippen LogP contribution < -0.4 is 4.57 Å². The van der Waals surface area contributed by atoms with E-state index in [2.05, 4.69) is 65.6 Å². The van der Waals surface area contributed by atoms with Crippen molar-refractivity contribution in [3.63, 3.8) is 0 Å². The zero-order chi connectivity index (χ0) is 20.4. The molecule has 0 aromatic carbocycles. The lowest BCUT2D eigenvalue weighted by molar-refractivity contribution is -0.695. The second kappa shape index (κ2) is 17.5. The molecular formula is C26H46NS2+. The van der Waals surface area contributed by atoms with Crippen LogP contribution in [0.4, 0.5) is 0 Å². The maximum Gasteiger partial charge on any atom is 0.168 e. The van der Waals surface area contributed by atoms with Crippen LogP contribution in [0.5, 0.6) is 0 Å². The predicted octanol–water partition coefficient (Wildman–Crippen LogP) is 8.41. The van der Waals surface area contributed by atoms with Gasteiger partial charge in [0.2, 0.25) is 0 Å². The maximum absolute atomic E-state index is 2.34. The Bertz CT molecular complexity index is 479. The van der Waals surface area contributed by atoms with Gasteiger partial charge < -0.3 is 0 Å². The van der Waals surface area contributed by atoms with E-state index in [0.29, 0.717) is 0 Å². The number of unbranched alkanes of at least 4 members (excludes halogenated alkanes) is 14. The molecule has 0 amide bonds. The van der Waals surface area contributed by atoms with Gasteiger partial charge in [-0.25, -0.2) is 4.57 Å². The minimum Gasteiger partial charge on any atom is -0.204 e. The summed E-state index contributed by atoms with van der Waals surface area (Å²) in [5, 5.41) is 0.800. The quantitative estimate of drug-likeness (QED) is 0.168. The van der Waals surface area contributed by atoms with Crippen LogP contribution in [-0.2, 0) is 6.54 Å². The maximum atomic E-state index is 2.34. The van der Waals surface area contributed by atoms with Crippen molar-refractivity contribution in [2.45, 2.75) is 126 Å². The summed E-state index contributed by atoms with van der Waals surface area (Å²) in [5.74, 6) is 1.33. The molecular weight excluding hydrogens is 390 g/mol. The molecule has 1 nitrogen and oxygen atoms in total. The summed E-state index contributed by atoms with van der Waals surface area (Å²) >= 11 is 4.44. The summed E-state index contributed by atoms with van der Waals surface area (Å²) in [7, 11) is 0. The van der Waals surface area contributed by atoms with E-state index in [9.17, 15) is 0 Å². The van der Waals surface area contributed by atoms with Crippen molar-refractivity contribution in [3.8, 4) is 0 Å². The van der Waals surface area contributed by atoms with E-state index in [4.69, 9.17) is 0 Å². The molecule has 0 N–H and O–H groups in total. The fraction of sp³-hybridized carbons (Fsp3) is 0.808. The van der Waals surface area contributed by atoms with Crippen LogP contribution in [0.15, 0.2) is 30.6 Å². The molecule has 1 aliphatic rings. The number of hydrogen-bond donors (Lipinski definition) is 0. The minimum absolute atomic E-state index is 0.800. The number of pyridine rings is 1. The standard InChI is InChI=1S/C26H46NS2/c1-2-3-4-5-6-7-8-9-10-11-12-13-14-15-17-20-26-28-24-25(29-26)23-27-21-18-16-19-22-27/h16,18-19,21-22,25-26H,2-15,17,20,23-24H2,1H3/q+1. The second-order valence-corrected chi connectivity index (χ2v) is 11.9.